The van der Waals surface area contributed by atoms with E-state index in [1.54, 1.807) is 16.7 Å². The molecule has 0 spiro atoms. The van der Waals surface area contributed by atoms with Gasteiger partial charge in [0.25, 0.3) is 0 Å². The fourth-order valence-corrected chi connectivity index (χ4v) is 1.66. The Morgan fingerprint density at radius 1 is 1.43 bits per heavy atom. The molecule has 1 aromatic heterocycles. The van der Waals surface area contributed by atoms with Crippen LogP contribution in [0.25, 0.3) is 11.0 Å². The summed E-state index contributed by atoms with van der Waals surface area (Å²) in [5.74, 6) is 0. The Balaban J connectivity index is 2.84. The van der Waals surface area contributed by atoms with Gasteiger partial charge in [0.15, 0.2) is 0 Å². The van der Waals surface area contributed by atoms with E-state index in [0.29, 0.717) is 5.69 Å². The van der Waals surface area contributed by atoms with Crippen molar-refractivity contribution in [2.24, 2.45) is 0 Å². The SMILES string of the molecule is CC(C)n1c(=O)[nH]c2cc(N)ccc21. The van der Waals surface area contributed by atoms with Crippen LogP contribution in [-0.4, -0.2) is 9.55 Å². The van der Waals surface area contributed by atoms with Crippen LogP contribution >= 0.6 is 0 Å². The third kappa shape index (κ3) is 1.19. The molecule has 0 aliphatic carbocycles. The van der Waals surface area contributed by atoms with Crippen LogP contribution in [0.5, 0.6) is 0 Å². The molecule has 0 aliphatic rings. The fraction of sp³-hybridized carbons (Fsp3) is 0.300. The molecule has 0 radical (unpaired) electrons. The molecule has 0 bridgehead atoms. The maximum absolute atomic E-state index is 11.6. The van der Waals surface area contributed by atoms with Crippen LogP contribution in [0, 0.1) is 0 Å². The number of nitrogens with zero attached hydrogens (tertiary/aromatic N) is 1. The van der Waals surface area contributed by atoms with Gasteiger partial charge >= 0.3 is 5.69 Å². The Bertz CT molecular complexity index is 522. The van der Waals surface area contributed by atoms with Crippen molar-refractivity contribution in [1.82, 2.24) is 9.55 Å². The molecule has 0 atom stereocenters. The molecule has 0 saturated heterocycles. The highest BCUT2D eigenvalue weighted by atomic mass is 16.1. The van der Waals surface area contributed by atoms with E-state index in [1.807, 2.05) is 19.9 Å². The van der Waals surface area contributed by atoms with Gasteiger partial charge < -0.3 is 10.7 Å². The number of nitrogens with two attached hydrogens (primary N) is 1. The summed E-state index contributed by atoms with van der Waals surface area (Å²) in [6.45, 7) is 3.95. The zero-order chi connectivity index (χ0) is 10.3. The second-order valence-corrected chi connectivity index (χ2v) is 3.67. The summed E-state index contributed by atoms with van der Waals surface area (Å²) in [4.78, 5) is 14.3. The average Bonchev–Trinajstić information content (AvgIpc) is 2.39. The molecule has 0 aliphatic heterocycles. The van der Waals surface area contributed by atoms with Gasteiger partial charge in [0.05, 0.1) is 11.0 Å². The van der Waals surface area contributed by atoms with Gasteiger partial charge in [-0.25, -0.2) is 4.79 Å². The predicted molar refractivity (Wildman–Crippen MR) is 57.4 cm³/mol. The second-order valence-electron chi connectivity index (χ2n) is 3.67. The minimum absolute atomic E-state index is 0.0828. The molecule has 1 heterocycles. The molecule has 0 amide bonds. The molecule has 0 unspecified atom stereocenters. The van der Waals surface area contributed by atoms with E-state index in [2.05, 4.69) is 4.98 Å². The molecule has 3 N–H and O–H groups in total. The number of imidazole rings is 1. The van der Waals surface area contributed by atoms with Crippen LogP contribution in [0.1, 0.15) is 19.9 Å². The van der Waals surface area contributed by atoms with E-state index >= 15 is 0 Å². The van der Waals surface area contributed by atoms with E-state index in [4.69, 9.17) is 5.73 Å². The van der Waals surface area contributed by atoms with Crippen molar-refractivity contribution < 1.29 is 0 Å². The summed E-state index contributed by atoms with van der Waals surface area (Å²) in [6, 6.07) is 5.59. The van der Waals surface area contributed by atoms with Crippen LogP contribution in [0.4, 0.5) is 5.69 Å². The molecular weight excluding hydrogens is 178 g/mol. The number of aromatic amines is 1. The summed E-state index contributed by atoms with van der Waals surface area (Å²) in [5.41, 5.74) is 7.90. The van der Waals surface area contributed by atoms with E-state index in [-0.39, 0.29) is 11.7 Å². The summed E-state index contributed by atoms with van der Waals surface area (Å²) in [6.07, 6.45) is 0. The Labute approximate surface area is 81.3 Å². The lowest BCUT2D eigenvalue weighted by Gasteiger charge is -2.06. The molecule has 4 nitrogen and oxygen atoms in total. The van der Waals surface area contributed by atoms with Crippen molar-refractivity contribution in [2.45, 2.75) is 19.9 Å². The first-order valence-corrected chi connectivity index (χ1v) is 4.59. The number of anilines is 1. The van der Waals surface area contributed by atoms with Crippen molar-refractivity contribution in [2.75, 3.05) is 5.73 Å². The number of rotatable bonds is 1. The second kappa shape index (κ2) is 2.90. The quantitative estimate of drug-likeness (QED) is 0.671. The summed E-state index contributed by atoms with van der Waals surface area (Å²) in [5, 5.41) is 0. The molecule has 2 aromatic rings. The van der Waals surface area contributed by atoms with Gasteiger partial charge in [0, 0.05) is 11.7 Å². The Morgan fingerprint density at radius 3 is 2.79 bits per heavy atom. The lowest BCUT2D eigenvalue weighted by Crippen LogP contribution is -2.18. The summed E-state index contributed by atoms with van der Waals surface area (Å²) in [7, 11) is 0. The van der Waals surface area contributed by atoms with Crippen LogP contribution in [0.2, 0.25) is 0 Å². The first-order valence-electron chi connectivity index (χ1n) is 4.59. The molecule has 74 valence electrons. The standard InChI is InChI=1S/C10H13N3O/c1-6(2)13-9-4-3-7(11)5-8(9)12-10(13)14/h3-6H,11H2,1-2H3,(H,12,14). The van der Waals surface area contributed by atoms with Crippen molar-refractivity contribution >= 4 is 16.7 Å². The summed E-state index contributed by atoms with van der Waals surface area (Å²) >= 11 is 0. The number of nitrogen functional groups attached to an aromatic ring is 1. The highest BCUT2D eigenvalue weighted by molar-refractivity contribution is 5.79. The number of hydrogen-bond acceptors (Lipinski definition) is 2. The van der Waals surface area contributed by atoms with Gasteiger partial charge in [-0.15, -0.1) is 0 Å². The highest BCUT2D eigenvalue weighted by Gasteiger charge is 2.08. The summed E-state index contributed by atoms with van der Waals surface area (Å²) < 4.78 is 1.72. The average molecular weight is 191 g/mol. The largest absolute Gasteiger partial charge is 0.399 e. The molecule has 4 heteroatoms. The highest BCUT2D eigenvalue weighted by Crippen LogP contribution is 2.16. The van der Waals surface area contributed by atoms with Gasteiger partial charge in [-0.2, -0.15) is 0 Å². The number of H-pyrrole nitrogens is 1. The van der Waals surface area contributed by atoms with E-state index < -0.39 is 0 Å². The molecule has 0 fully saturated rings. The van der Waals surface area contributed by atoms with Crippen LogP contribution in [-0.2, 0) is 0 Å². The number of aromatic nitrogens is 2. The van der Waals surface area contributed by atoms with E-state index in [0.717, 1.165) is 11.0 Å². The molecule has 2 rings (SSSR count). The zero-order valence-corrected chi connectivity index (χ0v) is 8.24. The third-order valence-electron chi connectivity index (χ3n) is 2.26. The topological polar surface area (TPSA) is 63.8 Å². The zero-order valence-electron chi connectivity index (χ0n) is 8.24. The van der Waals surface area contributed by atoms with Gasteiger partial charge in [-0.3, -0.25) is 4.57 Å². The Kier molecular flexibility index (Phi) is 1.84. The third-order valence-corrected chi connectivity index (χ3v) is 2.26. The molecule has 1 aromatic carbocycles. The number of fused-ring (bicyclic) bond motifs is 1. The van der Waals surface area contributed by atoms with Gasteiger partial charge in [-0.1, -0.05) is 0 Å². The number of nitrogens with one attached hydrogen (secondary N) is 1. The first-order chi connectivity index (χ1) is 6.59. The van der Waals surface area contributed by atoms with Crippen LogP contribution < -0.4 is 11.4 Å². The van der Waals surface area contributed by atoms with Gasteiger partial charge in [-0.05, 0) is 32.0 Å². The van der Waals surface area contributed by atoms with Crippen LogP contribution in [0.15, 0.2) is 23.0 Å². The maximum Gasteiger partial charge on any atom is 0.326 e. The van der Waals surface area contributed by atoms with Gasteiger partial charge in [0.2, 0.25) is 0 Å². The molecular formula is C10H13N3O. The van der Waals surface area contributed by atoms with E-state index in [9.17, 15) is 4.79 Å². The van der Waals surface area contributed by atoms with E-state index in [1.165, 1.54) is 0 Å². The molecule has 0 saturated carbocycles. The number of benzene rings is 1. The first kappa shape index (κ1) is 8.87. The van der Waals surface area contributed by atoms with Gasteiger partial charge in [0.1, 0.15) is 0 Å². The smallest absolute Gasteiger partial charge is 0.326 e. The maximum atomic E-state index is 11.6. The lowest BCUT2D eigenvalue weighted by molar-refractivity contribution is 0.598. The minimum atomic E-state index is -0.0828. The normalized spacial score (nSPS) is 11.4. The molecule has 14 heavy (non-hydrogen) atoms. The minimum Gasteiger partial charge on any atom is -0.399 e. The Morgan fingerprint density at radius 2 is 2.14 bits per heavy atom. The van der Waals surface area contributed by atoms with Crippen molar-refractivity contribution in [3.05, 3.63) is 28.7 Å². The predicted octanol–water partition coefficient (Wildman–Crippen LogP) is 1.49. The lowest BCUT2D eigenvalue weighted by atomic mass is 10.2. The monoisotopic (exact) mass is 191 g/mol. The van der Waals surface area contributed by atoms with Crippen molar-refractivity contribution in [1.29, 1.82) is 0 Å². The number of hydrogen-bond donors (Lipinski definition) is 2. The Hall–Kier alpha value is -1.71. The van der Waals surface area contributed by atoms with Crippen molar-refractivity contribution in [3.63, 3.8) is 0 Å². The van der Waals surface area contributed by atoms with Crippen molar-refractivity contribution in [3.8, 4) is 0 Å². The van der Waals surface area contributed by atoms with Crippen LogP contribution in [0.3, 0.4) is 0 Å². The fourth-order valence-electron chi connectivity index (χ4n) is 1.66.